The molecule has 3 unspecified atom stereocenters. The molecule has 2 aliphatic rings. The number of phenols is 1. The van der Waals surface area contributed by atoms with E-state index in [0.717, 1.165) is 12.8 Å². The van der Waals surface area contributed by atoms with Gasteiger partial charge in [-0.05, 0) is 37.7 Å². The molecule has 0 amide bonds. The lowest BCUT2D eigenvalue weighted by atomic mass is 9.84. The first-order chi connectivity index (χ1) is 8.24. The van der Waals surface area contributed by atoms with E-state index in [1.54, 1.807) is 12.1 Å². The third-order valence-corrected chi connectivity index (χ3v) is 4.21. The van der Waals surface area contributed by atoms with Gasteiger partial charge < -0.3 is 15.5 Å². The Morgan fingerprint density at radius 3 is 2.41 bits per heavy atom. The third-order valence-electron chi connectivity index (χ3n) is 4.21. The van der Waals surface area contributed by atoms with E-state index in [0.29, 0.717) is 17.6 Å². The maximum Gasteiger partial charge on any atom is 0.121 e. The third kappa shape index (κ3) is 2.05. The Labute approximate surface area is 101 Å². The molecule has 1 aromatic carbocycles. The van der Waals surface area contributed by atoms with Crippen LogP contribution in [0.4, 0.5) is 0 Å². The number of hydrogen-bond donors (Lipinski definition) is 3. The number of para-hydroxylation sites is 1. The number of piperidine rings is 1. The van der Waals surface area contributed by atoms with Gasteiger partial charge in [-0.25, -0.2) is 0 Å². The Morgan fingerprint density at radius 1 is 1.12 bits per heavy atom. The van der Waals surface area contributed by atoms with Crippen LogP contribution in [0.5, 0.6) is 5.75 Å². The van der Waals surface area contributed by atoms with E-state index < -0.39 is 6.10 Å². The van der Waals surface area contributed by atoms with Gasteiger partial charge in [-0.1, -0.05) is 18.2 Å². The lowest BCUT2D eigenvalue weighted by molar-refractivity contribution is 0.0740. The summed E-state index contributed by atoms with van der Waals surface area (Å²) in [6.07, 6.45) is 3.97. The van der Waals surface area contributed by atoms with Gasteiger partial charge in [-0.2, -0.15) is 0 Å². The van der Waals surface area contributed by atoms with Gasteiger partial charge in [-0.3, -0.25) is 0 Å². The van der Waals surface area contributed by atoms with E-state index in [2.05, 4.69) is 5.32 Å². The highest BCUT2D eigenvalue weighted by Crippen LogP contribution is 2.39. The molecule has 2 saturated heterocycles. The molecule has 1 aromatic rings. The van der Waals surface area contributed by atoms with E-state index in [9.17, 15) is 10.2 Å². The van der Waals surface area contributed by atoms with Crippen LogP contribution in [0.2, 0.25) is 0 Å². The van der Waals surface area contributed by atoms with Gasteiger partial charge in [0.2, 0.25) is 0 Å². The summed E-state index contributed by atoms with van der Waals surface area (Å²) in [5.74, 6) is 0.493. The van der Waals surface area contributed by atoms with E-state index in [1.165, 1.54) is 12.8 Å². The second kappa shape index (κ2) is 4.31. The Balaban J connectivity index is 1.78. The lowest BCUT2D eigenvalue weighted by Gasteiger charge is -2.32. The van der Waals surface area contributed by atoms with Crippen molar-refractivity contribution in [1.82, 2.24) is 5.32 Å². The van der Waals surface area contributed by atoms with Crippen molar-refractivity contribution in [3.8, 4) is 5.75 Å². The van der Waals surface area contributed by atoms with Gasteiger partial charge in [0.25, 0.3) is 0 Å². The van der Waals surface area contributed by atoms with Crippen LogP contribution in [0.25, 0.3) is 0 Å². The second-order valence-corrected chi connectivity index (χ2v) is 5.37. The summed E-state index contributed by atoms with van der Waals surface area (Å²) in [5, 5.41) is 23.8. The summed E-state index contributed by atoms with van der Waals surface area (Å²) < 4.78 is 0. The normalized spacial score (nSPS) is 33.6. The van der Waals surface area contributed by atoms with Crippen LogP contribution in [0, 0.1) is 5.92 Å². The van der Waals surface area contributed by atoms with Crippen LogP contribution in [0.3, 0.4) is 0 Å². The fourth-order valence-electron chi connectivity index (χ4n) is 3.35. The van der Waals surface area contributed by atoms with Crippen molar-refractivity contribution >= 4 is 0 Å². The minimum absolute atomic E-state index is 0.214. The Hall–Kier alpha value is -1.06. The van der Waals surface area contributed by atoms with Crippen LogP contribution in [-0.4, -0.2) is 22.3 Å². The highest BCUT2D eigenvalue weighted by atomic mass is 16.3. The average molecular weight is 233 g/mol. The van der Waals surface area contributed by atoms with Gasteiger partial charge in [0.05, 0.1) is 6.10 Å². The smallest absolute Gasteiger partial charge is 0.121 e. The SMILES string of the molecule is Oc1ccccc1C(O)C1CC2CCC(C1)N2. The molecule has 0 radical (unpaired) electrons. The molecular formula is C14H19NO2. The zero-order valence-electron chi connectivity index (χ0n) is 9.84. The molecule has 17 heavy (non-hydrogen) atoms. The van der Waals surface area contributed by atoms with Crippen LogP contribution in [0.1, 0.15) is 37.4 Å². The average Bonchev–Trinajstić information content (AvgIpc) is 2.68. The number of rotatable bonds is 2. The number of aliphatic hydroxyl groups excluding tert-OH is 1. The summed E-state index contributed by atoms with van der Waals surface area (Å²) in [6.45, 7) is 0. The Kier molecular flexibility index (Phi) is 2.81. The molecule has 3 atom stereocenters. The lowest BCUT2D eigenvalue weighted by Crippen LogP contribution is -2.39. The number of fused-ring (bicyclic) bond motifs is 2. The first-order valence-electron chi connectivity index (χ1n) is 6.46. The Bertz CT molecular complexity index is 395. The molecule has 0 aromatic heterocycles. The summed E-state index contributed by atoms with van der Waals surface area (Å²) in [7, 11) is 0. The van der Waals surface area contributed by atoms with Crippen molar-refractivity contribution in [3.05, 3.63) is 29.8 Å². The van der Waals surface area contributed by atoms with Crippen LogP contribution in [0.15, 0.2) is 24.3 Å². The number of phenolic OH excluding ortho intramolecular Hbond substituents is 1. The Morgan fingerprint density at radius 2 is 1.76 bits per heavy atom. The maximum atomic E-state index is 10.4. The fourth-order valence-corrected chi connectivity index (χ4v) is 3.35. The molecule has 3 rings (SSSR count). The molecule has 0 saturated carbocycles. The zero-order chi connectivity index (χ0) is 11.8. The molecule has 0 aliphatic carbocycles. The fraction of sp³-hybridized carbons (Fsp3) is 0.571. The first-order valence-corrected chi connectivity index (χ1v) is 6.46. The number of aromatic hydroxyl groups is 1. The maximum absolute atomic E-state index is 10.4. The summed E-state index contributed by atoms with van der Waals surface area (Å²) in [5.41, 5.74) is 0.679. The zero-order valence-corrected chi connectivity index (χ0v) is 9.84. The van der Waals surface area contributed by atoms with Crippen LogP contribution in [-0.2, 0) is 0 Å². The van der Waals surface area contributed by atoms with Crippen molar-refractivity contribution in [2.75, 3.05) is 0 Å². The van der Waals surface area contributed by atoms with Crippen molar-refractivity contribution in [3.63, 3.8) is 0 Å². The molecule has 2 bridgehead atoms. The molecule has 2 heterocycles. The van der Waals surface area contributed by atoms with Crippen LogP contribution < -0.4 is 5.32 Å². The van der Waals surface area contributed by atoms with Crippen molar-refractivity contribution in [2.45, 2.75) is 43.9 Å². The molecular weight excluding hydrogens is 214 g/mol. The van der Waals surface area contributed by atoms with E-state index in [4.69, 9.17) is 0 Å². The van der Waals surface area contributed by atoms with Gasteiger partial charge in [0.15, 0.2) is 0 Å². The quantitative estimate of drug-likeness (QED) is 0.732. The second-order valence-electron chi connectivity index (χ2n) is 5.37. The minimum Gasteiger partial charge on any atom is -0.508 e. The van der Waals surface area contributed by atoms with Gasteiger partial charge >= 0.3 is 0 Å². The molecule has 0 spiro atoms. The predicted octanol–water partition coefficient (Wildman–Crippen LogP) is 1.96. The number of aliphatic hydroxyl groups is 1. The largest absolute Gasteiger partial charge is 0.508 e. The van der Waals surface area contributed by atoms with Gasteiger partial charge in [0, 0.05) is 17.6 Å². The molecule has 3 heteroatoms. The van der Waals surface area contributed by atoms with Gasteiger partial charge in [0.1, 0.15) is 5.75 Å². The van der Waals surface area contributed by atoms with E-state index >= 15 is 0 Å². The number of benzene rings is 1. The number of nitrogens with one attached hydrogen (secondary N) is 1. The molecule has 92 valence electrons. The molecule has 3 N–H and O–H groups in total. The van der Waals surface area contributed by atoms with Gasteiger partial charge in [-0.15, -0.1) is 0 Å². The number of hydrogen-bond acceptors (Lipinski definition) is 3. The predicted molar refractivity (Wildman–Crippen MR) is 65.7 cm³/mol. The van der Waals surface area contributed by atoms with E-state index in [1.807, 2.05) is 12.1 Å². The molecule has 2 fully saturated rings. The van der Waals surface area contributed by atoms with E-state index in [-0.39, 0.29) is 11.7 Å². The topological polar surface area (TPSA) is 52.5 Å². The first kappa shape index (κ1) is 11.1. The summed E-state index contributed by atoms with van der Waals surface area (Å²) in [6, 6.07) is 8.27. The monoisotopic (exact) mass is 233 g/mol. The van der Waals surface area contributed by atoms with Crippen LogP contribution >= 0.6 is 0 Å². The highest BCUT2D eigenvalue weighted by Gasteiger charge is 2.37. The summed E-state index contributed by atoms with van der Waals surface area (Å²) in [4.78, 5) is 0. The standard InChI is InChI=1S/C14H19NO2/c16-13-4-2-1-3-12(13)14(17)9-7-10-5-6-11(8-9)15-10/h1-4,9-11,14-17H,5-8H2. The summed E-state index contributed by atoms with van der Waals surface area (Å²) >= 11 is 0. The van der Waals surface area contributed by atoms with Crippen molar-refractivity contribution in [1.29, 1.82) is 0 Å². The highest BCUT2D eigenvalue weighted by molar-refractivity contribution is 5.34. The molecule has 2 aliphatic heterocycles. The van der Waals surface area contributed by atoms with Crippen molar-refractivity contribution in [2.24, 2.45) is 5.92 Å². The minimum atomic E-state index is -0.526. The molecule has 3 nitrogen and oxygen atoms in total. The van der Waals surface area contributed by atoms with Crippen molar-refractivity contribution < 1.29 is 10.2 Å².